The number of esters is 1. The lowest BCUT2D eigenvalue weighted by Gasteiger charge is -2.19. The number of amides is 1. The Morgan fingerprint density at radius 3 is 2.20 bits per heavy atom. The molecule has 0 saturated heterocycles. The van der Waals surface area contributed by atoms with Gasteiger partial charge >= 0.3 is 5.97 Å². The highest BCUT2D eigenvalue weighted by Crippen LogP contribution is 2.22. The van der Waals surface area contributed by atoms with Crippen LogP contribution in [0.2, 0.25) is 0 Å². The van der Waals surface area contributed by atoms with Gasteiger partial charge in [0.05, 0.1) is 13.5 Å². The van der Waals surface area contributed by atoms with Crippen LogP contribution in [0.1, 0.15) is 50.0 Å². The maximum Gasteiger partial charge on any atom is 0.307 e. The second-order valence-electron chi connectivity index (χ2n) is 5.98. The Labute approximate surface area is 120 Å². The maximum absolute atomic E-state index is 12.0. The first kappa shape index (κ1) is 16.2. The summed E-state index contributed by atoms with van der Waals surface area (Å²) in [6.45, 7) is 8.15. The molecule has 1 aromatic carbocycles. The van der Waals surface area contributed by atoms with E-state index in [9.17, 15) is 9.59 Å². The number of nitrogens with one attached hydrogen (secondary N) is 1. The molecule has 4 heteroatoms. The van der Waals surface area contributed by atoms with E-state index in [0.717, 1.165) is 0 Å². The maximum atomic E-state index is 12.0. The number of carbonyl (C=O) groups excluding carboxylic acids is 2. The zero-order chi connectivity index (χ0) is 15.3. The molecule has 1 atom stereocenters. The van der Waals surface area contributed by atoms with Crippen LogP contribution in [0.4, 0.5) is 0 Å². The topological polar surface area (TPSA) is 55.4 Å². The molecule has 1 rings (SSSR count). The van der Waals surface area contributed by atoms with Crippen LogP contribution in [0.15, 0.2) is 24.3 Å². The van der Waals surface area contributed by atoms with Crippen molar-refractivity contribution >= 4 is 11.9 Å². The van der Waals surface area contributed by atoms with Crippen molar-refractivity contribution < 1.29 is 14.3 Å². The zero-order valence-electron chi connectivity index (χ0n) is 12.8. The Balaban J connectivity index is 2.66. The predicted molar refractivity (Wildman–Crippen MR) is 78.7 cm³/mol. The van der Waals surface area contributed by atoms with Gasteiger partial charge in [-0.3, -0.25) is 9.59 Å². The summed E-state index contributed by atoms with van der Waals surface area (Å²) in [6, 6.07) is 7.28. The minimum Gasteiger partial charge on any atom is -0.469 e. The van der Waals surface area contributed by atoms with Crippen LogP contribution in [0, 0.1) is 0 Å². The summed E-state index contributed by atoms with van der Waals surface area (Å²) in [7, 11) is 1.34. The summed E-state index contributed by atoms with van der Waals surface area (Å²) in [4.78, 5) is 23.1. The number of benzene rings is 1. The van der Waals surface area contributed by atoms with E-state index >= 15 is 0 Å². The van der Waals surface area contributed by atoms with Gasteiger partial charge < -0.3 is 10.1 Å². The van der Waals surface area contributed by atoms with Gasteiger partial charge in [-0.25, -0.2) is 0 Å². The summed E-state index contributed by atoms with van der Waals surface area (Å²) in [6.07, 6.45) is 0.169. The number of ether oxygens (including phenoxy) is 1. The molecule has 4 nitrogen and oxygen atoms in total. The van der Waals surface area contributed by atoms with Gasteiger partial charge in [-0.1, -0.05) is 32.9 Å². The number of rotatable bonds is 4. The molecule has 1 aromatic rings. The Morgan fingerprint density at radius 1 is 1.20 bits per heavy atom. The molecule has 20 heavy (non-hydrogen) atoms. The van der Waals surface area contributed by atoms with Gasteiger partial charge in [-0.2, -0.15) is 0 Å². The quantitative estimate of drug-likeness (QED) is 0.861. The Kier molecular flexibility index (Phi) is 5.31. The van der Waals surface area contributed by atoms with E-state index in [1.165, 1.54) is 12.7 Å². The average Bonchev–Trinajstić information content (AvgIpc) is 2.37. The summed E-state index contributed by atoms with van der Waals surface area (Å²) < 4.78 is 4.57. The molecular weight excluding hydrogens is 254 g/mol. The zero-order valence-corrected chi connectivity index (χ0v) is 12.8. The SMILES string of the molecule is COC(=O)CC(C)NC(=O)c1ccc(C(C)(C)C)cc1. The Morgan fingerprint density at radius 2 is 1.75 bits per heavy atom. The van der Waals surface area contributed by atoms with Gasteiger partial charge in [-0.15, -0.1) is 0 Å². The predicted octanol–water partition coefficient (Wildman–Crippen LogP) is 2.67. The van der Waals surface area contributed by atoms with E-state index in [2.05, 4.69) is 30.8 Å². The molecule has 0 saturated carbocycles. The monoisotopic (exact) mass is 277 g/mol. The van der Waals surface area contributed by atoms with E-state index < -0.39 is 0 Å². The Hall–Kier alpha value is -1.84. The average molecular weight is 277 g/mol. The second kappa shape index (κ2) is 6.55. The largest absolute Gasteiger partial charge is 0.469 e. The van der Waals surface area contributed by atoms with Gasteiger partial charge in [0.1, 0.15) is 0 Å². The molecule has 0 spiro atoms. The summed E-state index contributed by atoms with van der Waals surface area (Å²) >= 11 is 0. The van der Waals surface area contributed by atoms with Crippen LogP contribution < -0.4 is 5.32 Å². The fourth-order valence-corrected chi connectivity index (χ4v) is 1.81. The number of carbonyl (C=O) groups is 2. The van der Waals surface area contributed by atoms with E-state index in [1.807, 2.05) is 12.1 Å². The van der Waals surface area contributed by atoms with Crippen LogP contribution in [0.3, 0.4) is 0 Å². The third kappa shape index (κ3) is 4.68. The summed E-state index contributed by atoms with van der Waals surface area (Å²) in [5, 5.41) is 2.78. The minimum atomic E-state index is -0.333. The van der Waals surface area contributed by atoms with Gasteiger partial charge in [0, 0.05) is 11.6 Å². The van der Waals surface area contributed by atoms with Crippen LogP contribution in [-0.2, 0) is 14.9 Å². The van der Waals surface area contributed by atoms with Gasteiger partial charge in [0.2, 0.25) is 0 Å². The molecule has 1 unspecified atom stereocenters. The number of hydrogen-bond acceptors (Lipinski definition) is 3. The lowest BCUT2D eigenvalue weighted by atomic mass is 9.86. The van der Waals surface area contributed by atoms with Crippen molar-refractivity contribution in [3.63, 3.8) is 0 Å². The van der Waals surface area contributed by atoms with Crippen molar-refractivity contribution in [2.75, 3.05) is 7.11 Å². The fraction of sp³-hybridized carbons (Fsp3) is 0.500. The first-order valence-electron chi connectivity index (χ1n) is 6.72. The highest BCUT2D eigenvalue weighted by molar-refractivity contribution is 5.94. The Bertz CT molecular complexity index is 471. The van der Waals surface area contributed by atoms with E-state index in [-0.39, 0.29) is 29.8 Å². The molecule has 0 heterocycles. The summed E-state index contributed by atoms with van der Waals surface area (Å²) in [5.41, 5.74) is 1.83. The highest BCUT2D eigenvalue weighted by Gasteiger charge is 2.16. The first-order valence-corrected chi connectivity index (χ1v) is 6.72. The number of hydrogen-bond donors (Lipinski definition) is 1. The molecule has 0 fully saturated rings. The van der Waals surface area contributed by atoms with Crippen molar-refractivity contribution in [3.8, 4) is 0 Å². The van der Waals surface area contributed by atoms with Crippen LogP contribution in [0.5, 0.6) is 0 Å². The fourth-order valence-electron chi connectivity index (χ4n) is 1.81. The minimum absolute atomic E-state index is 0.0627. The molecule has 0 radical (unpaired) electrons. The smallest absolute Gasteiger partial charge is 0.307 e. The highest BCUT2D eigenvalue weighted by atomic mass is 16.5. The van der Waals surface area contributed by atoms with Gasteiger partial charge in [0.25, 0.3) is 5.91 Å². The molecule has 0 bridgehead atoms. The summed E-state index contributed by atoms with van der Waals surface area (Å²) in [5.74, 6) is -0.511. The molecule has 0 aromatic heterocycles. The molecule has 110 valence electrons. The van der Waals surface area contributed by atoms with Crippen LogP contribution in [0.25, 0.3) is 0 Å². The van der Waals surface area contributed by atoms with Crippen LogP contribution in [-0.4, -0.2) is 25.0 Å². The van der Waals surface area contributed by atoms with Crippen molar-refractivity contribution in [1.29, 1.82) is 0 Å². The lowest BCUT2D eigenvalue weighted by Crippen LogP contribution is -2.34. The molecular formula is C16H23NO3. The van der Waals surface area contributed by atoms with Gasteiger partial charge in [-0.05, 0) is 30.0 Å². The second-order valence-corrected chi connectivity index (χ2v) is 5.98. The standard InChI is InChI=1S/C16H23NO3/c1-11(10-14(18)20-5)17-15(19)12-6-8-13(9-7-12)16(2,3)4/h6-9,11H,10H2,1-5H3,(H,17,19). The van der Waals surface area contributed by atoms with E-state index in [1.54, 1.807) is 19.1 Å². The van der Waals surface area contributed by atoms with Crippen molar-refractivity contribution in [1.82, 2.24) is 5.32 Å². The van der Waals surface area contributed by atoms with Gasteiger partial charge in [0.15, 0.2) is 0 Å². The van der Waals surface area contributed by atoms with Crippen molar-refractivity contribution in [2.45, 2.75) is 45.6 Å². The lowest BCUT2D eigenvalue weighted by molar-refractivity contribution is -0.141. The molecule has 0 aliphatic heterocycles. The third-order valence-electron chi connectivity index (χ3n) is 3.09. The van der Waals surface area contributed by atoms with Crippen molar-refractivity contribution in [2.24, 2.45) is 0 Å². The molecule has 1 amide bonds. The molecule has 0 aliphatic carbocycles. The van der Waals surface area contributed by atoms with Crippen molar-refractivity contribution in [3.05, 3.63) is 35.4 Å². The van der Waals surface area contributed by atoms with E-state index in [0.29, 0.717) is 5.56 Å². The molecule has 0 aliphatic rings. The number of methoxy groups -OCH3 is 1. The first-order chi connectivity index (χ1) is 9.24. The van der Waals surface area contributed by atoms with Crippen LogP contribution >= 0.6 is 0 Å². The third-order valence-corrected chi connectivity index (χ3v) is 3.09. The normalized spacial score (nSPS) is 12.7. The van der Waals surface area contributed by atoms with E-state index in [4.69, 9.17) is 0 Å². The molecule has 1 N–H and O–H groups in total.